The minimum Gasteiger partial charge on any atom is -0.406 e. The molecule has 0 aromatic heterocycles. The first-order valence-electron chi connectivity index (χ1n) is 13.0. The third-order valence-electron chi connectivity index (χ3n) is 6.85. The maximum absolute atomic E-state index is 12.6. The summed E-state index contributed by atoms with van der Waals surface area (Å²) in [5, 5.41) is 8.39. The lowest BCUT2D eigenvalue weighted by molar-refractivity contribution is -0.274. The van der Waals surface area contributed by atoms with Gasteiger partial charge in [0.1, 0.15) is 5.75 Å². The van der Waals surface area contributed by atoms with E-state index < -0.39 is 12.3 Å². The average molecular weight is 553 g/mol. The lowest BCUT2D eigenvalue weighted by atomic mass is 9.84. The van der Waals surface area contributed by atoms with Crippen molar-refractivity contribution in [3.63, 3.8) is 0 Å². The van der Waals surface area contributed by atoms with E-state index in [9.17, 15) is 18.0 Å². The van der Waals surface area contributed by atoms with Crippen LogP contribution in [0.5, 0.6) is 5.75 Å². The number of hydrogen-bond donors (Lipinski definition) is 3. The molecule has 0 radical (unpaired) electrons. The van der Waals surface area contributed by atoms with Gasteiger partial charge >= 0.3 is 6.36 Å². The van der Waals surface area contributed by atoms with Gasteiger partial charge in [0, 0.05) is 24.3 Å². The Morgan fingerprint density at radius 1 is 0.925 bits per heavy atom. The summed E-state index contributed by atoms with van der Waals surface area (Å²) in [7, 11) is 0. The van der Waals surface area contributed by atoms with Gasteiger partial charge in [-0.05, 0) is 77.1 Å². The Labute approximate surface area is 230 Å². The maximum atomic E-state index is 12.6. The highest BCUT2D eigenvalue weighted by Gasteiger charge is 2.31. The van der Waals surface area contributed by atoms with Gasteiger partial charge in [-0.3, -0.25) is 10.1 Å². The van der Waals surface area contributed by atoms with E-state index >= 15 is 0 Å². The normalized spacial score (nSPS) is 14.4. The Morgan fingerprint density at radius 2 is 1.50 bits per heavy atom. The second-order valence-electron chi connectivity index (χ2n) is 9.71. The summed E-state index contributed by atoms with van der Waals surface area (Å²) in [6.07, 6.45) is 1.44. The zero-order valence-corrected chi connectivity index (χ0v) is 21.8. The molecule has 0 spiro atoms. The zero-order chi connectivity index (χ0) is 28.5. The fourth-order valence-electron chi connectivity index (χ4n) is 4.90. The first-order chi connectivity index (χ1) is 19.2. The minimum absolute atomic E-state index is 0.268. The van der Waals surface area contributed by atoms with Crippen LogP contribution in [0.25, 0.3) is 0 Å². The molecule has 4 rings (SSSR count). The molecule has 0 atom stereocenters. The number of benzene rings is 3. The highest BCUT2D eigenvalue weighted by Crippen LogP contribution is 2.34. The number of alkyl halides is 3. The second kappa shape index (κ2) is 13.1. The largest absolute Gasteiger partial charge is 0.573 e. The molecule has 11 heteroatoms. The van der Waals surface area contributed by atoms with E-state index in [1.54, 1.807) is 24.3 Å². The van der Waals surface area contributed by atoms with Gasteiger partial charge in [0.15, 0.2) is 0 Å². The third-order valence-corrected chi connectivity index (χ3v) is 6.85. The van der Waals surface area contributed by atoms with E-state index in [2.05, 4.69) is 49.5 Å². The van der Waals surface area contributed by atoms with Crippen molar-refractivity contribution in [1.82, 2.24) is 5.32 Å². The van der Waals surface area contributed by atoms with Crippen molar-refractivity contribution < 1.29 is 22.7 Å². The molecule has 1 aliphatic carbocycles. The van der Waals surface area contributed by atoms with Crippen molar-refractivity contribution in [3.05, 3.63) is 95.1 Å². The Balaban J connectivity index is 1.52. The third kappa shape index (κ3) is 8.29. The first-order valence-corrected chi connectivity index (χ1v) is 13.0. The molecule has 40 heavy (non-hydrogen) atoms. The molecule has 210 valence electrons. The number of carbonyl (C=O) groups excluding carboxylic acids is 1. The van der Waals surface area contributed by atoms with Crippen LogP contribution in [-0.4, -0.2) is 18.2 Å². The van der Waals surface area contributed by atoms with E-state index in [-0.39, 0.29) is 11.7 Å². The zero-order valence-electron chi connectivity index (χ0n) is 21.8. The van der Waals surface area contributed by atoms with Gasteiger partial charge < -0.3 is 15.4 Å². The van der Waals surface area contributed by atoms with Crippen molar-refractivity contribution in [1.29, 1.82) is 5.53 Å². The smallest absolute Gasteiger partial charge is 0.406 e. The number of nitrogens with zero attached hydrogens (tertiary/aromatic N) is 3. The average Bonchev–Trinajstić information content (AvgIpc) is 2.94. The van der Waals surface area contributed by atoms with Crippen LogP contribution in [0.3, 0.4) is 0 Å². The number of rotatable bonds is 9. The fraction of sp³-hybridized carbons (Fsp3) is 0.310. The quantitative estimate of drug-likeness (QED) is 0.117. The summed E-state index contributed by atoms with van der Waals surface area (Å²) >= 11 is 0. The van der Waals surface area contributed by atoms with E-state index in [0.717, 1.165) is 16.8 Å². The number of anilines is 1. The van der Waals surface area contributed by atoms with E-state index in [0.29, 0.717) is 24.6 Å². The molecule has 1 saturated carbocycles. The first kappa shape index (κ1) is 28.6. The number of carbonyl (C=O) groups is 1. The molecule has 0 saturated heterocycles. The molecule has 0 unspecified atom stereocenters. The molecule has 8 nitrogen and oxygen atoms in total. The Bertz CT molecular complexity index is 1300. The number of ether oxygens (including phenoxy) is 1. The molecule has 4 N–H and O–H groups in total. The van der Waals surface area contributed by atoms with E-state index in [4.69, 9.17) is 11.3 Å². The summed E-state index contributed by atoms with van der Waals surface area (Å²) in [6.45, 7) is 0.938. The van der Waals surface area contributed by atoms with Gasteiger partial charge in [-0.2, -0.15) is 5.53 Å². The van der Waals surface area contributed by atoms with Crippen molar-refractivity contribution in [2.45, 2.75) is 57.5 Å². The van der Waals surface area contributed by atoms with Crippen LogP contribution in [0.2, 0.25) is 0 Å². The second-order valence-corrected chi connectivity index (χ2v) is 9.71. The molecule has 0 bridgehead atoms. The number of guanidine groups is 1. The number of halogens is 3. The fourth-order valence-corrected chi connectivity index (χ4v) is 4.90. The van der Waals surface area contributed by atoms with Gasteiger partial charge in [-0.15, -0.1) is 13.2 Å². The minimum atomic E-state index is -4.74. The molecule has 3 aromatic rings. The monoisotopic (exact) mass is 552 g/mol. The van der Waals surface area contributed by atoms with Crippen molar-refractivity contribution in [3.8, 4) is 5.75 Å². The number of nitrogens with two attached hydrogens (primary N) is 1. The standard InChI is InChI=1S/C29H31F3N6O2/c30-29(31,32)40-26-16-8-21(9-17-26)19-38(25-14-12-23(13-15-25)22-4-2-1-3-5-22)18-20-6-10-24(11-7-20)27(39)35-28(33)36-37-34/h6-17,22H,1-5,18-19H2,(H4,33,34,35,36,39). The summed E-state index contributed by atoms with van der Waals surface area (Å²) < 4.78 is 41.7. The van der Waals surface area contributed by atoms with Crippen LogP contribution in [0.4, 0.5) is 18.9 Å². The Hall–Kier alpha value is -4.41. The van der Waals surface area contributed by atoms with Crippen molar-refractivity contribution in [2.24, 2.45) is 16.1 Å². The van der Waals surface area contributed by atoms with Crippen LogP contribution in [0.15, 0.2) is 83.1 Å². The molecule has 1 amide bonds. The molecule has 3 aromatic carbocycles. The highest BCUT2D eigenvalue weighted by atomic mass is 19.4. The van der Waals surface area contributed by atoms with Gasteiger partial charge in [0.2, 0.25) is 5.96 Å². The van der Waals surface area contributed by atoms with Gasteiger partial charge in [0.05, 0.1) is 0 Å². The summed E-state index contributed by atoms with van der Waals surface area (Å²) in [5.74, 6) is -0.452. The topological polar surface area (TPSA) is 116 Å². The number of amides is 1. The summed E-state index contributed by atoms with van der Waals surface area (Å²) in [4.78, 5) is 14.5. The van der Waals surface area contributed by atoms with Gasteiger partial charge in [0.25, 0.3) is 5.91 Å². The SMILES string of the molecule is N=N/N=C(\N)NC(=O)c1ccc(CN(Cc2ccc(OC(F)(F)F)cc2)c2ccc(C3CCCCC3)cc2)cc1. The van der Waals surface area contributed by atoms with Crippen LogP contribution in [-0.2, 0) is 13.1 Å². The number of nitrogens with one attached hydrogen (secondary N) is 2. The predicted octanol–water partition coefficient (Wildman–Crippen LogP) is 6.83. The lowest BCUT2D eigenvalue weighted by Crippen LogP contribution is -2.36. The molecule has 0 aliphatic heterocycles. The van der Waals surface area contributed by atoms with Gasteiger partial charge in [-0.1, -0.05) is 60.8 Å². The summed E-state index contributed by atoms with van der Waals surface area (Å²) in [6, 6.07) is 21.3. The van der Waals surface area contributed by atoms with E-state index in [1.807, 2.05) is 12.1 Å². The predicted molar refractivity (Wildman–Crippen MR) is 146 cm³/mol. The molecule has 0 heterocycles. The maximum Gasteiger partial charge on any atom is 0.573 e. The number of hydrogen-bond acceptors (Lipinski definition) is 5. The lowest BCUT2D eigenvalue weighted by Gasteiger charge is -2.27. The van der Waals surface area contributed by atoms with Crippen molar-refractivity contribution in [2.75, 3.05) is 4.90 Å². The summed E-state index contributed by atoms with van der Waals surface area (Å²) in [5.41, 5.74) is 16.6. The Kier molecular flexibility index (Phi) is 9.36. The van der Waals surface area contributed by atoms with Crippen LogP contribution in [0.1, 0.15) is 65.1 Å². The van der Waals surface area contributed by atoms with Crippen molar-refractivity contribution >= 4 is 17.6 Å². The van der Waals surface area contributed by atoms with Crippen LogP contribution >= 0.6 is 0 Å². The molecule has 1 fully saturated rings. The molecular formula is C29H31F3N6O2. The Morgan fingerprint density at radius 3 is 2.05 bits per heavy atom. The van der Waals surface area contributed by atoms with Crippen LogP contribution in [0, 0.1) is 5.53 Å². The highest BCUT2D eigenvalue weighted by molar-refractivity contribution is 6.05. The van der Waals surface area contributed by atoms with Crippen LogP contribution < -0.4 is 20.7 Å². The van der Waals surface area contributed by atoms with E-state index in [1.165, 1.54) is 49.8 Å². The molecular weight excluding hydrogens is 521 g/mol. The molecule has 1 aliphatic rings. The van der Waals surface area contributed by atoms with Gasteiger partial charge in [-0.25, -0.2) is 0 Å².